The predicted molar refractivity (Wildman–Crippen MR) is 68.7 cm³/mol. The number of hydrogen-bond donors (Lipinski definition) is 1. The maximum absolute atomic E-state index is 3.63. The summed E-state index contributed by atoms with van der Waals surface area (Å²) in [4.78, 5) is 5.20. The molecule has 94 valence electrons. The molecule has 0 bridgehead atoms. The number of nitrogens with zero attached hydrogens (tertiary/aromatic N) is 2. The number of hydrogen-bond acceptors (Lipinski definition) is 3. The summed E-state index contributed by atoms with van der Waals surface area (Å²) in [7, 11) is 2.25. The molecule has 3 nitrogen and oxygen atoms in total. The van der Waals surface area contributed by atoms with E-state index in [9.17, 15) is 0 Å². The normalized spacial score (nSPS) is 41.4. The molecular formula is C13H27N3. The van der Waals surface area contributed by atoms with Crippen molar-refractivity contribution in [1.82, 2.24) is 15.1 Å². The Morgan fingerprint density at radius 3 is 2.12 bits per heavy atom. The molecule has 2 heterocycles. The van der Waals surface area contributed by atoms with Crippen LogP contribution >= 0.6 is 0 Å². The maximum Gasteiger partial charge on any atom is 0.0239 e. The number of nitrogens with one attached hydrogen (secondary N) is 1. The van der Waals surface area contributed by atoms with Gasteiger partial charge in [0.25, 0.3) is 0 Å². The molecule has 2 saturated heterocycles. The summed E-state index contributed by atoms with van der Waals surface area (Å²) >= 11 is 0. The lowest BCUT2D eigenvalue weighted by Crippen LogP contribution is -2.57. The second-order valence-electron chi connectivity index (χ2n) is 6.44. The van der Waals surface area contributed by atoms with Crippen LogP contribution in [-0.4, -0.2) is 60.1 Å². The topological polar surface area (TPSA) is 18.5 Å². The molecular weight excluding hydrogens is 198 g/mol. The quantitative estimate of drug-likeness (QED) is 0.722. The molecule has 3 heteroatoms. The minimum Gasteiger partial charge on any atom is -0.310 e. The lowest BCUT2D eigenvalue weighted by molar-refractivity contribution is 0.0370. The predicted octanol–water partition coefficient (Wildman–Crippen LogP) is 1.15. The van der Waals surface area contributed by atoms with Gasteiger partial charge in [-0.15, -0.1) is 0 Å². The summed E-state index contributed by atoms with van der Waals surface area (Å²) < 4.78 is 0. The molecule has 0 spiro atoms. The van der Waals surface area contributed by atoms with Crippen molar-refractivity contribution in [2.75, 3.05) is 26.7 Å². The van der Waals surface area contributed by atoms with Crippen molar-refractivity contribution in [2.45, 2.75) is 57.8 Å². The van der Waals surface area contributed by atoms with Gasteiger partial charge < -0.3 is 5.32 Å². The Balaban J connectivity index is 1.96. The summed E-state index contributed by atoms with van der Waals surface area (Å²) in [6, 6.07) is 2.12. The van der Waals surface area contributed by atoms with Crippen LogP contribution in [0.3, 0.4) is 0 Å². The first-order valence-electron chi connectivity index (χ1n) is 6.60. The maximum atomic E-state index is 3.63. The highest BCUT2D eigenvalue weighted by Gasteiger charge is 2.37. The van der Waals surface area contributed by atoms with Crippen LogP contribution in [0, 0.1) is 0 Å². The summed E-state index contributed by atoms with van der Waals surface area (Å²) in [6.07, 6.45) is 1.29. The Morgan fingerprint density at radius 1 is 1.12 bits per heavy atom. The molecule has 1 N–H and O–H groups in total. The van der Waals surface area contributed by atoms with E-state index in [-0.39, 0.29) is 0 Å². The van der Waals surface area contributed by atoms with Crippen LogP contribution in [0.1, 0.15) is 34.1 Å². The first-order chi connectivity index (χ1) is 7.39. The van der Waals surface area contributed by atoms with E-state index in [1.165, 1.54) is 19.5 Å². The van der Waals surface area contributed by atoms with Gasteiger partial charge in [-0.2, -0.15) is 0 Å². The fraction of sp³-hybridized carbons (Fsp3) is 1.00. The van der Waals surface area contributed by atoms with Crippen LogP contribution < -0.4 is 5.32 Å². The lowest BCUT2D eigenvalue weighted by Gasteiger charge is -2.44. The van der Waals surface area contributed by atoms with Gasteiger partial charge in [-0.25, -0.2) is 0 Å². The van der Waals surface area contributed by atoms with Crippen molar-refractivity contribution in [2.24, 2.45) is 0 Å². The number of rotatable bonds is 1. The van der Waals surface area contributed by atoms with Gasteiger partial charge in [-0.3, -0.25) is 9.80 Å². The summed E-state index contributed by atoms with van der Waals surface area (Å²) in [5.41, 5.74) is 0.334. The Hall–Kier alpha value is -0.120. The monoisotopic (exact) mass is 225 g/mol. The molecule has 0 aromatic heterocycles. The van der Waals surface area contributed by atoms with E-state index >= 15 is 0 Å². The molecule has 0 amide bonds. The first-order valence-corrected chi connectivity index (χ1v) is 6.60. The van der Waals surface area contributed by atoms with Gasteiger partial charge in [0, 0.05) is 43.3 Å². The average molecular weight is 225 g/mol. The molecule has 2 aliphatic rings. The van der Waals surface area contributed by atoms with E-state index in [4.69, 9.17) is 0 Å². The SMILES string of the molecule is CC1CN(C2CNC(C)(C)C2)CC(C)N1C. The van der Waals surface area contributed by atoms with Crippen LogP contribution in [0.5, 0.6) is 0 Å². The van der Waals surface area contributed by atoms with Crippen LogP contribution in [0.4, 0.5) is 0 Å². The van der Waals surface area contributed by atoms with Crippen molar-refractivity contribution in [3.05, 3.63) is 0 Å². The largest absolute Gasteiger partial charge is 0.310 e. The molecule has 0 radical (unpaired) electrons. The van der Waals surface area contributed by atoms with Crippen molar-refractivity contribution < 1.29 is 0 Å². The molecule has 3 unspecified atom stereocenters. The standard InChI is InChI=1S/C13H27N3/c1-10-8-16(9-11(2)15(10)5)12-6-13(3,4)14-7-12/h10-12,14H,6-9H2,1-5H3. The summed E-state index contributed by atoms with van der Waals surface area (Å²) in [6.45, 7) is 12.9. The van der Waals surface area contributed by atoms with Gasteiger partial charge in [0.05, 0.1) is 0 Å². The Bertz CT molecular complexity index is 240. The molecule has 16 heavy (non-hydrogen) atoms. The van der Waals surface area contributed by atoms with Crippen molar-refractivity contribution in [3.8, 4) is 0 Å². The van der Waals surface area contributed by atoms with E-state index < -0.39 is 0 Å². The minimum atomic E-state index is 0.334. The van der Waals surface area contributed by atoms with Crippen LogP contribution in [0.2, 0.25) is 0 Å². The molecule has 0 aromatic rings. The van der Waals surface area contributed by atoms with E-state index in [0.29, 0.717) is 17.6 Å². The third kappa shape index (κ3) is 2.41. The highest BCUT2D eigenvalue weighted by Crippen LogP contribution is 2.25. The fourth-order valence-corrected chi connectivity index (χ4v) is 3.13. The van der Waals surface area contributed by atoms with Gasteiger partial charge >= 0.3 is 0 Å². The fourth-order valence-electron chi connectivity index (χ4n) is 3.13. The zero-order valence-corrected chi connectivity index (χ0v) is 11.5. The Morgan fingerprint density at radius 2 is 1.69 bits per heavy atom. The third-order valence-electron chi connectivity index (χ3n) is 4.47. The van der Waals surface area contributed by atoms with Crippen LogP contribution in [0.25, 0.3) is 0 Å². The third-order valence-corrected chi connectivity index (χ3v) is 4.47. The van der Waals surface area contributed by atoms with E-state index in [2.05, 4.69) is 49.9 Å². The molecule has 2 rings (SSSR count). The van der Waals surface area contributed by atoms with Crippen molar-refractivity contribution in [1.29, 1.82) is 0 Å². The first kappa shape index (κ1) is 12.3. The number of likely N-dealkylation sites (N-methyl/N-ethyl adjacent to an activating group) is 1. The number of piperazine rings is 1. The van der Waals surface area contributed by atoms with Crippen molar-refractivity contribution in [3.63, 3.8) is 0 Å². The highest BCUT2D eigenvalue weighted by molar-refractivity contribution is 4.97. The van der Waals surface area contributed by atoms with E-state index in [1.54, 1.807) is 0 Å². The van der Waals surface area contributed by atoms with Gasteiger partial charge in [0.2, 0.25) is 0 Å². The zero-order chi connectivity index (χ0) is 11.9. The molecule has 2 aliphatic heterocycles. The minimum absolute atomic E-state index is 0.334. The molecule has 0 aromatic carbocycles. The van der Waals surface area contributed by atoms with E-state index in [1.807, 2.05) is 0 Å². The Kier molecular flexibility index (Phi) is 3.30. The van der Waals surface area contributed by atoms with Crippen LogP contribution in [0.15, 0.2) is 0 Å². The Labute approximate surface area is 100 Å². The molecule has 0 aliphatic carbocycles. The average Bonchev–Trinajstić information content (AvgIpc) is 2.54. The van der Waals surface area contributed by atoms with Gasteiger partial charge in [-0.05, 0) is 41.2 Å². The van der Waals surface area contributed by atoms with Crippen LogP contribution in [-0.2, 0) is 0 Å². The second-order valence-corrected chi connectivity index (χ2v) is 6.44. The summed E-state index contributed by atoms with van der Waals surface area (Å²) in [5, 5.41) is 3.63. The molecule has 2 fully saturated rings. The second kappa shape index (κ2) is 4.28. The zero-order valence-electron chi connectivity index (χ0n) is 11.5. The smallest absolute Gasteiger partial charge is 0.0239 e. The van der Waals surface area contributed by atoms with Crippen molar-refractivity contribution >= 4 is 0 Å². The van der Waals surface area contributed by atoms with E-state index in [0.717, 1.165) is 12.6 Å². The summed E-state index contributed by atoms with van der Waals surface area (Å²) in [5.74, 6) is 0. The van der Waals surface area contributed by atoms with Gasteiger partial charge in [-0.1, -0.05) is 0 Å². The highest BCUT2D eigenvalue weighted by atomic mass is 15.3. The van der Waals surface area contributed by atoms with Gasteiger partial charge in [0.15, 0.2) is 0 Å². The molecule has 0 saturated carbocycles. The lowest BCUT2D eigenvalue weighted by atomic mass is 9.99. The molecule has 3 atom stereocenters. The van der Waals surface area contributed by atoms with Gasteiger partial charge in [0.1, 0.15) is 0 Å².